The van der Waals surface area contributed by atoms with Crippen molar-refractivity contribution in [3.8, 4) is 5.75 Å². The molecule has 1 aliphatic rings. The molecule has 1 aromatic carbocycles. The first-order valence-corrected chi connectivity index (χ1v) is 7.37. The van der Waals surface area contributed by atoms with Crippen molar-refractivity contribution in [1.82, 2.24) is 5.32 Å². The molecule has 0 saturated carbocycles. The van der Waals surface area contributed by atoms with Gasteiger partial charge in [0.15, 0.2) is 0 Å². The Morgan fingerprint density at radius 3 is 2.78 bits per heavy atom. The molecule has 1 N–H and O–H groups in total. The fraction of sp³-hybridized carbons (Fsp3) is 0.625. The van der Waals surface area contributed by atoms with Gasteiger partial charge >= 0.3 is 0 Å². The molecule has 1 aromatic rings. The van der Waals surface area contributed by atoms with E-state index in [9.17, 15) is 0 Å². The molecule has 0 bridgehead atoms. The molecule has 0 aromatic heterocycles. The highest BCUT2D eigenvalue weighted by Crippen LogP contribution is 2.31. The summed E-state index contributed by atoms with van der Waals surface area (Å²) in [6, 6.07) is 8.75. The first kappa shape index (κ1) is 13.4. The third-order valence-corrected chi connectivity index (χ3v) is 3.62. The molecule has 2 nitrogen and oxygen atoms in total. The fourth-order valence-electron chi connectivity index (χ4n) is 2.51. The number of fused-ring (bicyclic) bond motifs is 1. The summed E-state index contributed by atoms with van der Waals surface area (Å²) in [5, 5.41) is 3.60. The van der Waals surface area contributed by atoms with Gasteiger partial charge in [-0.15, -0.1) is 0 Å². The average molecular weight is 247 g/mol. The standard InChI is InChI=1S/C16H25NO/c1-2-3-4-5-6-9-12-17-15-13-18-16-11-8-7-10-14(15)16/h7-8,10-11,15,17H,2-6,9,12-13H2,1H3/t15-/m0/s1. The molecule has 0 aliphatic carbocycles. The van der Waals surface area contributed by atoms with Crippen molar-refractivity contribution in [2.45, 2.75) is 51.5 Å². The number of nitrogens with one attached hydrogen (secondary N) is 1. The first-order valence-electron chi connectivity index (χ1n) is 7.37. The Balaban J connectivity index is 1.61. The van der Waals surface area contributed by atoms with E-state index in [0.29, 0.717) is 6.04 Å². The summed E-state index contributed by atoms with van der Waals surface area (Å²) in [7, 11) is 0. The van der Waals surface area contributed by atoms with Crippen molar-refractivity contribution in [3.63, 3.8) is 0 Å². The SMILES string of the molecule is CCCCCCCCN[C@H]1COc2ccccc21. The number of benzene rings is 1. The predicted molar refractivity (Wildman–Crippen MR) is 76.1 cm³/mol. The smallest absolute Gasteiger partial charge is 0.124 e. The van der Waals surface area contributed by atoms with Crippen molar-refractivity contribution < 1.29 is 4.74 Å². The van der Waals surface area contributed by atoms with Crippen LogP contribution >= 0.6 is 0 Å². The summed E-state index contributed by atoms with van der Waals surface area (Å²) in [5.41, 5.74) is 1.32. The quantitative estimate of drug-likeness (QED) is 0.699. The molecule has 0 saturated heterocycles. The van der Waals surface area contributed by atoms with Gasteiger partial charge in [-0.05, 0) is 19.0 Å². The van der Waals surface area contributed by atoms with Crippen LogP contribution in [0.1, 0.15) is 57.1 Å². The van der Waals surface area contributed by atoms with Crippen molar-refractivity contribution in [2.75, 3.05) is 13.2 Å². The van der Waals surface area contributed by atoms with Crippen molar-refractivity contribution >= 4 is 0 Å². The van der Waals surface area contributed by atoms with Crippen LogP contribution in [0.15, 0.2) is 24.3 Å². The molecule has 1 heterocycles. The zero-order chi connectivity index (χ0) is 12.6. The van der Waals surface area contributed by atoms with Crippen LogP contribution in [0.2, 0.25) is 0 Å². The molecule has 1 aliphatic heterocycles. The van der Waals surface area contributed by atoms with E-state index in [4.69, 9.17) is 4.74 Å². The van der Waals surface area contributed by atoms with E-state index in [1.807, 2.05) is 6.07 Å². The third kappa shape index (κ3) is 3.74. The monoisotopic (exact) mass is 247 g/mol. The highest BCUT2D eigenvalue weighted by atomic mass is 16.5. The van der Waals surface area contributed by atoms with Gasteiger partial charge in [-0.1, -0.05) is 57.2 Å². The van der Waals surface area contributed by atoms with E-state index in [1.165, 1.54) is 44.1 Å². The van der Waals surface area contributed by atoms with E-state index in [1.54, 1.807) is 0 Å². The Bertz CT molecular complexity index is 351. The van der Waals surface area contributed by atoms with Gasteiger partial charge in [0.05, 0.1) is 6.04 Å². The van der Waals surface area contributed by atoms with Gasteiger partial charge < -0.3 is 10.1 Å². The summed E-state index contributed by atoms with van der Waals surface area (Å²) in [4.78, 5) is 0. The Kier molecular flexibility index (Phi) is 5.53. The van der Waals surface area contributed by atoms with Crippen molar-refractivity contribution in [3.05, 3.63) is 29.8 Å². The number of ether oxygens (including phenoxy) is 1. The van der Waals surface area contributed by atoms with Crippen LogP contribution in [0.4, 0.5) is 0 Å². The summed E-state index contributed by atoms with van der Waals surface area (Å²) >= 11 is 0. The van der Waals surface area contributed by atoms with Gasteiger partial charge in [0.2, 0.25) is 0 Å². The minimum atomic E-state index is 0.400. The minimum absolute atomic E-state index is 0.400. The maximum absolute atomic E-state index is 5.66. The van der Waals surface area contributed by atoms with Crippen LogP contribution < -0.4 is 10.1 Å². The Morgan fingerprint density at radius 1 is 1.11 bits per heavy atom. The second kappa shape index (κ2) is 7.42. The molecule has 0 unspecified atom stereocenters. The number of rotatable bonds is 8. The zero-order valence-electron chi connectivity index (χ0n) is 11.5. The van der Waals surface area contributed by atoms with Gasteiger partial charge in [0, 0.05) is 5.56 Å². The first-order chi connectivity index (χ1) is 8.92. The lowest BCUT2D eigenvalue weighted by Gasteiger charge is -2.11. The summed E-state index contributed by atoms with van der Waals surface area (Å²) in [6.45, 7) is 4.16. The Hall–Kier alpha value is -1.02. The zero-order valence-corrected chi connectivity index (χ0v) is 11.5. The summed E-state index contributed by atoms with van der Waals surface area (Å²) in [6.07, 6.45) is 8.12. The molecular formula is C16H25NO. The fourth-order valence-corrected chi connectivity index (χ4v) is 2.51. The molecule has 0 radical (unpaired) electrons. The van der Waals surface area contributed by atoms with Crippen LogP contribution in [0.25, 0.3) is 0 Å². The average Bonchev–Trinajstić information content (AvgIpc) is 2.81. The molecule has 18 heavy (non-hydrogen) atoms. The van der Waals surface area contributed by atoms with E-state index in [2.05, 4.69) is 30.4 Å². The highest BCUT2D eigenvalue weighted by Gasteiger charge is 2.22. The largest absolute Gasteiger partial charge is 0.491 e. The topological polar surface area (TPSA) is 21.3 Å². The second-order valence-corrected chi connectivity index (χ2v) is 5.12. The Morgan fingerprint density at radius 2 is 1.89 bits per heavy atom. The Labute approximate surface area is 111 Å². The minimum Gasteiger partial charge on any atom is -0.491 e. The molecule has 1 atom stereocenters. The number of unbranched alkanes of at least 4 members (excludes halogenated alkanes) is 5. The van der Waals surface area contributed by atoms with Gasteiger partial charge in [0.1, 0.15) is 12.4 Å². The predicted octanol–water partition coefficient (Wildman–Crippen LogP) is 4.07. The van der Waals surface area contributed by atoms with Gasteiger partial charge in [-0.25, -0.2) is 0 Å². The van der Waals surface area contributed by atoms with Gasteiger partial charge in [-0.3, -0.25) is 0 Å². The lowest BCUT2D eigenvalue weighted by Crippen LogP contribution is -2.23. The second-order valence-electron chi connectivity index (χ2n) is 5.12. The van der Waals surface area contributed by atoms with Crippen molar-refractivity contribution in [2.24, 2.45) is 0 Å². The third-order valence-electron chi connectivity index (χ3n) is 3.62. The van der Waals surface area contributed by atoms with Crippen molar-refractivity contribution in [1.29, 1.82) is 0 Å². The van der Waals surface area contributed by atoms with E-state index in [-0.39, 0.29) is 0 Å². The van der Waals surface area contributed by atoms with E-state index >= 15 is 0 Å². The van der Waals surface area contributed by atoms with E-state index in [0.717, 1.165) is 18.9 Å². The molecule has 0 amide bonds. The molecule has 0 fully saturated rings. The highest BCUT2D eigenvalue weighted by molar-refractivity contribution is 5.39. The maximum Gasteiger partial charge on any atom is 0.124 e. The van der Waals surface area contributed by atoms with Crippen LogP contribution in [0.3, 0.4) is 0 Å². The van der Waals surface area contributed by atoms with Gasteiger partial charge in [-0.2, -0.15) is 0 Å². The van der Waals surface area contributed by atoms with E-state index < -0.39 is 0 Å². The van der Waals surface area contributed by atoms with Gasteiger partial charge in [0.25, 0.3) is 0 Å². The van der Waals surface area contributed by atoms with Crippen LogP contribution in [0.5, 0.6) is 5.75 Å². The number of hydrogen-bond acceptors (Lipinski definition) is 2. The van der Waals surface area contributed by atoms with Crippen LogP contribution in [-0.4, -0.2) is 13.2 Å². The molecule has 2 rings (SSSR count). The molecule has 100 valence electrons. The van der Waals surface area contributed by atoms with Crippen LogP contribution in [0, 0.1) is 0 Å². The normalized spacial score (nSPS) is 17.5. The molecule has 2 heteroatoms. The summed E-state index contributed by atoms with van der Waals surface area (Å²) in [5.74, 6) is 1.05. The lowest BCUT2D eigenvalue weighted by atomic mass is 10.1. The lowest BCUT2D eigenvalue weighted by molar-refractivity contribution is 0.310. The number of hydrogen-bond donors (Lipinski definition) is 1. The summed E-state index contributed by atoms with van der Waals surface area (Å²) < 4.78 is 5.66. The number of para-hydroxylation sites is 1. The van der Waals surface area contributed by atoms with Crippen LogP contribution in [-0.2, 0) is 0 Å². The molecule has 0 spiro atoms. The molecular weight excluding hydrogens is 222 g/mol. The maximum atomic E-state index is 5.66.